The number of hydrogen-bond donors (Lipinski definition) is 3. The molecule has 0 radical (unpaired) electrons. The van der Waals surface area contributed by atoms with E-state index in [9.17, 15) is 14.4 Å². The lowest BCUT2D eigenvalue weighted by Gasteiger charge is -2.12. The van der Waals surface area contributed by atoms with Crippen LogP contribution in [0.25, 0.3) is 0 Å². The fourth-order valence-corrected chi connectivity index (χ4v) is 1.80. The smallest absolute Gasteiger partial charge is 0.340 e. The van der Waals surface area contributed by atoms with Crippen molar-refractivity contribution in [1.82, 2.24) is 4.68 Å². The summed E-state index contributed by atoms with van der Waals surface area (Å²) in [6, 6.07) is 4.66. The summed E-state index contributed by atoms with van der Waals surface area (Å²) in [5.41, 5.74) is 2.09. The molecule has 112 valence electrons. The number of rotatable bonds is 7. The third-order valence-electron chi connectivity index (χ3n) is 3.07. The van der Waals surface area contributed by atoms with Gasteiger partial charge in [-0.25, -0.2) is 4.79 Å². The molecule has 2 aromatic rings. The molecule has 0 bridgehead atoms. The highest BCUT2D eigenvalue weighted by molar-refractivity contribution is 5.95. The molecule has 0 spiro atoms. The lowest BCUT2D eigenvalue weighted by atomic mass is 10.1. The molecule has 7 heteroatoms. The van der Waals surface area contributed by atoms with Gasteiger partial charge in [0.25, 0.3) is 0 Å². The fourth-order valence-electron chi connectivity index (χ4n) is 1.80. The zero-order valence-corrected chi connectivity index (χ0v) is 11.8. The van der Waals surface area contributed by atoms with E-state index in [-0.39, 0.29) is 11.3 Å². The highest BCUT2D eigenvalue weighted by Gasteiger charge is 2.19. The summed E-state index contributed by atoms with van der Waals surface area (Å²) in [5, 5.41) is 12.3. The molecule has 0 saturated heterocycles. The van der Waals surface area contributed by atoms with Crippen LogP contribution in [0.5, 0.6) is 0 Å². The molecular formula is C14H17N3O4. The lowest BCUT2D eigenvalue weighted by molar-refractivity contribution is 0.0698. The summed E-state index contributed by atoms with van der Waals surface area (Å²) >= 11 is 0. The van der Waals surface area contributed by atoms with Crippen molar-refractivity contribution in [2.75, 3.05) is 17.3 Å². The third-order valence-corrected chi connectivity index (χ3v) is 3.07. The Hall–Kier alpha value is -2.57. The Balaban J connectivity index is 2.18. The molecular weight excluding hydrogens is 274 g/mol. The summed E-state index contributed by atoms with van der Waals surface area (Å²) in [6.07, 6.45) is 0.979. The molecule has 0 aliphatic carbocycles. The zero-order valence-electron chi connectivity index (χ0n) is 11.8. The first-order valence-corrected chi connectivity index (χ1v) is 6.66. The van der Waals surface area contributed by atoms with E-state index in [1.165, 1.54) is 6.07 Å². The molecule has 3 N–H and O–H groups in total. The van der Waals surface area contributed by atoms with Crippen LogP contribution in [0.1, 0.15) is 30.6 Å². The van der Waals surface area contributed by atoms with Crippen molar-refractivity contribution in [2.24, 2.45) is 5.92 Å². The van der Waals surface area contributed by atoms with Crippen LogP contribution in [0.4, 0.5) is 11.4 Å². The van der Waals surface area contributed by atoms with Crippen molar-refractivity contribution >= 4 is 17.3 Å². The summed E-state index contributed by atoms with van der Waals surface area (Å²) in [6.45, 7) is 4.98. The number of aromatic carboxylic acids is 1. The summed E-state index contributed by atoms with van der Waals surface area (Å²) in [5.74, 6) is -0.575. The normalized spacial score (nSPS) is 11.0. The first kappa shape index (κ1) is 14.8. The van der Waals surface area contributed by atoms with Gasteiger partial charge in [-0.05, 0) is 30.5 Å². The monoisotopic (exact) mass is 291 g/mol. The second-order valence-corrected chi connectivity index (χ2v) is 5.23. The Kier molecular flexibility index (Phi) is 4.11. The van der Waals surface area contributed by atoms with E-state index in [1.807, 2.05) is 0 Å². The van der Waals surface area contributed by atoms with Crippen molar-refractivity contribution in [3.05, 3.63) is 44.5 Å². The van der Waals surface area contributed by atoms with E-state index >= 15 is 0 Å². The molecule has 0 atom stereocenters. The summed E-state index contributed by atoms with van der Waals surface area (Å²) < 4.78 is 0.777. The first-order valence-electron chi connectivity index (χ1n) is 6.66. The first-order chi connectivity index (χ1) is 9.90. The largest absolute Gasteiger partial charge is 0.478 e. The van der Waals surface area contributed by atoms with Crippen LogP contribution in [0, 0.1) is 5.92 Å². The van der Waals surface area contributed by atoms with Gasteiger partial charge < -0.3 is 10.4 Å². The number of carboxylic acid groups (broad SMARTS) is 1. The van der Waals surface area contributed by atoms with Crippen LogP contribution in [0.3, 0.4) is 0 Å². The minimum atomic E-state index is -1.13. The minimum Gasteiger partial charge on any atom is -0.478 e. The van der Waals surface area contributed by atoms with Crippen LogP contribution >= 0.6 is 0 Å². The van der Waals surface area contributed by atoms with E-state index in [2.05, 4.69) is 24.6 Å². The molecule has 0 amide bonds. The average Bonchev–Trinajstić information content (AvgIpc) is 2.96. The molecule has 7 nitrogen and oxygen atoms in total. The van der Waals surface area contributed by atoms with Gasteiger partial charge in [0.15, 0.2) is 0 Å². The molecule has 0 saturated carbocycles. The highest BCUT2D eigenvalue weighted by atomic mass is 16.4. The Morgan fingerprint density at radius 3 is 2.48 bits per heavy atom. The second kappa shape index (κ2) is 5.82. The number of nitrogens with zero attached hydrogens (tertiary/aromatic N) is 1. The van der Waals surface area contributed by atoms with E-state index in [1.54, 1.807) is 12.1 Å². The van der Waals surface area contributed by atoms with Crippen LogP contribution < -0.4 is 21.9 Å². The number of benzene rings is 1. The number of carbonyl (C=O) groups is 1. The van der Waals surface area contributed by atoms with Crippen molar-refractivity contribution in [1.29, 1.82) is 0 Å². The molecule has 1 aromatic heterocycles. The predicted octanol–water partition coefficient (Wildman–Crippen LogP) is 1.12. The van der Waals surface area contributed by atoms with E-state index in [4.69, 9.17) is 5.11 Å². The maximum Gasteiger partial charge on any atom is 0.340 e. The highest BCUT2D eigenvalue weighted by Crippen LogP contribution is 2.21. The average molecular weight is 291 g/mol. The van der Waals surface area contributed by atoms with Gasteiger partial charge >= 0.3 is 17.1 Å². The molecule has 1 heterocycles. The summed E-state index contributed by atoms with van der Waals surface area (Å²) in [7, 11) is 0. The van der Waals surface area contributed by atoms with Crippen LogP contribution in [-0.4, -0.2) is 22.3 Å². The molecule has 2 rings (SSSR count). The van der Waals surface area contributed by atoms with Crippen molar-refractivity contribution in [2.45, 2.75) is 20.3 Å². The van der Waals surface area contributed by atoms with E-state index in [0.29, 0.717) is 5.92 Å². The van der Waals surface area contributed by atoms with Crippen molar-refractivity contribution in [3.8, 4) is 0 Å². The standard InChI is InChI=1S/C14H17N3O4/c1-8(2)5-6-15-9-3-4-10(14(20)21)11(7-9)16-17-12(18)13(17)19/h3-4,7-8,15-16H,5-6H2,1-2H3,(H,20,21). The van der Waals surface area contributed by atoms with Crippen LogP contribution in [-0.2, 0) is 0 Å². The van der Waals surface area contributed by atoms with Crippen LogP contribution in [0.2, 0.25) is 0 Å². The summed E-state index contributed by atoms with van der Waals surface area (Å²) in [4.78, 5) is 33.1. The Morgan fingerprint density at radius 1 is 1.29 bits per heavy atom. The molecule has 0 fully saturated rings. The zero-order chi connectivity index (χ0) is 15.6. The number of nitrogens with one attached hydrogen (secondary N) is 2. The van der Waals surface area contributed by atoms with Gasteiger partial charge in [-0.2, -0.15) is 4.68 Å². The van der Waals surface area contributed by atoms with E-state index < -0.39 is 17.1 Å². The molecule has 0 aliphatic heterocycles. The van der Waals surface area contributed by atoms with Gasteiger partial charge in [-0.1, -0.05) is 13.8 Å². The quantitative estimate of drug-likeness (QED) is 0.661. The number of aromatic nitrogens is 1. The Bertz CT molecular complexity index is 701. The van der Waals surface area contributed by atoms with Gasteiger partial charge in [-0.3, -0.25) is 15.0 Å². The van der Waals surface area contributed by atoms with Gasteiger partial charge in [0.2, 0.25) is 0 Å². The van der Waals surface area contributed by atoms with Crippen molar-refractivity contribution in [3.63, 3.8) is 0 Å². The van der Waals surface area contributed by atoms with Crippen molar-refractivity contribution < 1.29 is 9.90 Å². The molecule has 0 unspecified atom stereocenters. The topological polar surface area (TPSA) is 100 Å². The van der Waals surface area contributed by atoms with Gasteiger partial charge in [-0.15, -0.1) is 0 Å². The maximum absolute atomic E-state index is 11.2. The third kappa shape index (κ3) is 3.50. The number of anilines is 2. The fraction of sp³-hybridized carbons (Fsp3) is 0.357. The SMILES string of the molecule is CC(C)CCNc1ccc(C(=O)O)c(Nn2c(=O)c2=O)c1. The predicted molar refractivity (Wildman–Crippen MR) is 79.7 cm³/mol. The van der Waals surface area contributed by atoms with Crippen LogP contribution in [0.15, 0.2) is 27.8 Å². The Labute approximate surface area is 120 Å². The molecule has 21 heavy (non-hydrogen) atoms. The maximum atomic E-state index is 11.2. The van der Waals surface area contributed by atoms with Gasteiger partial charge in [0, 0.05) is 12.2 Å². The minimum absolute atomic E-state index is 0.00286. The lowest BCUT2D eigenvalue weighted by Crippen LogP contribution is -2.13. The molecule has 0 aliphatic rings. The number of hydrogen-bond acceptors (Lipinski definition) is 5. The Morgan fingerprint density at radius 2 is 1.95 bits per heavy atom. The second-order valence-electron chi connectivity index (χ2n) is 5.23. The number of carboxylic acids is 1. The van der Waals surface area contributed by atoms with Gasteiger partial charge in [0.05, 0.1) is 11.3 Å². The van der Waals surface area contributed by atoms with Gasteiger partial charge in [0.1, 0.15) is 0 Å². The molecule has 1 aromatic carbocycles. The van der Waals surface area contributed by atoms with E-state index in [0.717, 1.165) is 23.3 Å².